The minimum absolute atomic E-state index is 0.159. The third-order valence-electron chi connectivity index (χ3n) is 5.08. The first kappa shape index (κ1) is 22.1. The summed E-state index contributed by atoms with van der Waals surface area (Å²) < 4.78 is 5.71. The zero-order chi connectivity index (χ0) is 20.3. The highest BCUT2D eigenvalue weighted by atomic mass is 32.2. The number of hydrogen-bond acceptors (Lipinski definition) is 4. The van der Waals surface area contributed by atoms with E-state index in [1.807, 2.05) is 25.7 Å². The Morgan fingerprint density at radius 1 is 1.04 bits per heavy atom. The summed E-state index contributed by atoms with van der Waals surface area (Å²) in [6, 6.07) is 8.77. The molecule has 2 N–H and O–H groups in total. The SMILES string of the molecule is CC(C)(C)OC(=O)N1CCC2(CC1)Cc1ccccc1C2.CC(C)(C)SN. The minimum Gasteiger partial charge on any atom is -0.444 e. The Morgan fingerprint density at radius 3 is 1.85 bits per heavy atom. The minimum atomic E-state index is -0.407. The molecule has 1 aliphatic heterocycles. The second kappa shape index (κ2) is 8.44. The van der Waals surface area contributed by atoms with Gasteiger partial charge in [0, 0.05) is 17.8 Å². The Morgan fingerprint density at radius 2 is 1.48 bits per heavy atom. The lowest BCUT2D eigenvalue weighted by molar-refractivity contribution is 0.0111. The van der Waals surface area contributed by atoms with E-state index in [-0.39, 0.29) is 10.8 Å². The van der Waals surface area contributed by atoms with Gasteiger partial charge in [-0.25, -0.2) is 4.79 Å². The number of benzene rings is 1. The first-order chi connectivity index (χ1) is 12.4. The second-order valence-electron chi connectivity index (χ2n) is 9.82. The van der Waals surface area contributed by atoms with Crippen molar-refractivity contribution in [3.63, 3.8) is 0 Å². The molecule has 0 bridgehead atoms. The maximum absolute atomic E-state index is 12.1. The number of carbonyl (C=O) groups is 1. The van der Waals surface area contributed by atoms with E-state index in [9.17, 15) is 4.79 Å². The number of amides is 1. The third-order valence-corrected chi connectivity index (χ3v) is 5.79. The molecule has 152 valence electrons. The van der Waals surface area contributed by atoms with Crippen molar-refractivity contribution in [2.24, 2.45) is 10.6 Å². The highest BCUT2D eigenvalue weighted by molar-refractivity contribution is 7.98. The first-order valence-corrected chi connectivity index (χ1v) is 10.7. The molecular weight excluding hydrogens is 356 g/mol. The van der Waals surface area contributed by atoms with Crippen molar-refractivity contribution in [1.82, 2.24) is 4.90 Å². The van der Waals surface area contributed by atoms with Crippen molar-refractivity contribution in [3.05, 3.63) is 35.4 Å². The largest absolute Gasteiger partial charge is 0.444 e. The van der Waals surface area contributed by atoms with Crippen LogP contribution in [-0.4, -0.2) is 34.4 Å². The molecule has 0 radical (unpaired) electrons. The Kier molecular flexibility index (Phi) is 6.91. The topological polar surface area (TPSA) is 55.6 Å². The summed E-state index contributed by atoms with van der Waals surface area (Å²) in [6.07, 6.45) is 4.35. The molecule has 0 unspecified atom stereocenters. The van der Waals surface area contributed by atoms with Crippen molar-refractivity contribution in [2.45, 2.75) is 77.6 Å². The molecule has 1 heterocycles. The second-order valence-corrected chi connectivity index (χ2v) is 11.3. The predicted octanol–water partition coefficient (Wildman–Crippen LogP) is 5.19. The molecular formula is C22H36N2O2S. The van der Waals surface area contributed by atoms with Crippen LogP contribution in [0.5, 0.6) is 0 Å². The summed E-state index contributed by atoms with van der Waals surface area (Å²) in [5, 5.41) is 5.22. The summed E-state index contributed by atoms with van der Waals surface area (Å²) in [4.78, 5) is 14.0. The molecule has 0 atom stereocenters. The van der Waals surface area contributed by atoms with Gasteiger partial charge in [-0.2, -0.15) is 0 Å². The molecule has 5 heteroatoms. The molecule has 2 aliphatic rings. The highest BCUT2D eigenvalue weighted by Gasteiger charge is 2.41. The van der Waals surface area contributed by atoms with E-state index in [0.717, 1.165) is 25.9 Å². The fraction of sp³-hybridized carbons (Fsp3) is 0.682. The number of carbonyl (C=O) groups excluding carboxylic acids is 1. The van der Waals surface area contributed by atoms with Gasteiger partial charge >= 0.3 is 6.09 Å². The summed E-state index contributed by atoms with van der Waals surface area (Å²) in [5.74, 6) is 0. The number of nitrogens with zero attached hydrogens (tertiary/aromatic N) is 1. The van der Waals surface area contributed by atoms with Gasteiger partial charge in [-0.1, -0.05) is 36.2 Å². The molecule has 0 saturated carbocycles. The molecule has 0 aromatic heterocycles. The third kappa shape index (κ3) is 6.72. The smallest absolute Gasteiger partial charge is 0.410 e. The summed E-state index contributed by atoms with van der Waals surface area (Å²) in [6.45, 7) is 13.6. The molecule has 1 fully saturated rings. The number of rotatable bonds is 0. The number of fused-ring (bicyclic) bond motifs is 1. The maximum atomic E-state index is 12.1. The zero-order valence-corrected chi connectivity index (χ0v) is 18.6. The van der Waals surface area contributed by atoms with Crippen LogP contribution in [0.3, 0.4) is 0 Å². The lowest BCUT2D eigenvalue weighted by atomic mass is 9.76. The fourth-order valence-electron chi connectivity index (χ4n) is 3.62. The van der Waals surface area contributed by atoms with E-state index in [1.54, 1.807) is 0 Å². The van der Waals surface area contributed by atoms with Crippen molar-refractivity contribution < 1.29 is 9.53 Å². The Balaban J connectivity index is 0.000000380. The van der Waals surface area contributed by atoms with Gasteiger partial charge in [-0.15, -0.1) is 0 Å². The average molecular weight is 393 g/mol. The Labute approximate surface area is 169 Å². The van der Waals surface area contributed by atoms with E-state index in [0.29, 0.717) is 5.41 Å². The van der Waals surface area contributed by atoms with Crippen molar-refractivity contribution in [2.75, 3.05) is 13.1 Å². The lowest BCUT2D eigenvalue weighted by Gasteiger charge is -2.39. The van der Waals surface area contributed by atoms with Crippen molar-refractivity contribution in [3.8, 4) is 0 Å². The summed E-state index contributed by atoms with van der Waals surface area (Å²) in [5.41, 5.74) is 2.98. The van der Waals surface area contributed by atoms with Crippen LogP contribution in [0.25, 0.3) is 0 Å². The average Bonchev–Trinajstić information content (AvgIpc) is 2.91. The van der Waals surface area contributed by atoms with Crippen LogP contribution in [0.15, 0.2) is 24.3 Å². The van der Waals surface area contributed by atoms with Gasteiger partial charge in [0.1, 0.15) is 5.60 Å². The van der Waals surface area contributed by atoms with Gasteiger partial charge in [0.15, 0.2) is 0 Å². The molecule has 1 aliphatic carbocycles. The Hall–Kier alpha value is -1.20. The van der Waals surface area contributed by atoms with Crippen LogP contribution >= 0.6 is 11.9 Å². The first-order valence-electron chi connectivity index (χ1n) is 9.86. The summed E-state index contributed by atoms with van der Waals surface area (Å²) in [7, 11) is 0. The van der Waals surface area contributed by atoms with Gasteiger partial charge in [0.05, 0.1) is 0 Å². The number of likely N-dealkylation sites (tertiary alicyclic amines) is 1. The van der Waals surface area contributed by atoms with E-state index >= 15 is 0 Å². The van der Waals surface area contributed by atoms with Gasteiger partial charge in [0.2, 0.25) is 0 Å². The van der Waals surface area contributed by atoms with Gasteiger partial charge < -0.3 is 9.64 Å². The number of ether oxygens (including phenoxy) is 1. The van der Waals surface area contributed by atoms with Crippen LogP contribution in [0.4, 0.5) is 4.79 Å². The van der Waals surface area contributed by atoms with Crippen LogP contribution in [0.2, 0.25) is 0 Å². The number of nitrogens with two attached hydrogens (primary N) is 1. The molecule has 3 rings (SSSR count). The lowest BCUT2D eigenvalue weighted by Crippen LogP contribution is -2.45. The molecule has 1 aromatic carbocycles. The van der Waals surface area contributed by atoms with E-state index in [2.05, 4.69) is 45.0 Å². The zero-order valence-electron chi connectivity index (χ0n) is 17.8. The van der Waals surface area contributed by atoms with Crippen LogP contribution in [-0.2, 0) is 17.6 Å². The fourth-order valence-corrected chi connectivity index (χ4v) is 3.62. The van der Waals surface area contributed by atoms with Crippen molar-refractivity contribution >= 4 is 18.0 Å². The Bertz CT molecular complexity index is 611. The quantitative estimate of drug-likeness (QED) is 0.617. The molecule has 1 aromatic rings. The highest BCUT2D eigenvalue weighted by Crippen LogP contribution is 2.44. The summed E-state index contributed by atoms with van der Waals surface area (Å²) >= 11 is 1.38. The number of hydrogen-bond donors (Lipinski definition) is 1. The van der Waals surface area contributed by atoms with Gasteiger partial charge in [-0.05, 0) is 83.8 Å². The molecule has 4 nitrogen and oxygen atoms in total. The van der Waals surface area contributed by atoms with E-state index in [1.165, 1.54) is 35.9 Å². The monoisotopic (exact) mass is 392 g/mol. The van der Waals surface area contributed by atoms with E-state index < -0.39 is 5.60 Å². The maximum Gasteiger partial charge on any atom is 0.410 e. The van der Waals surface area contributed by atoms with E-state index in [4.69, 9.17) is 9.88 Å². The molecule has 1 spiro atoms. The van der Waals surface area contributed by atoms with Crippen LogP contribution in [0.1, 0.15) is 65.5 Å². The van der Waals surface area contributed by atoms with Gasteiger partial charge in [0.25, 0.3) is 0 Å². The number of piperidine rings is 1. The van der Waals surface area contributed by atoms with Crippen LogP contribution in [0, 0.1) is 5.41 Å². The molecule has 27 heavy (non-hydrogen) atoms. The normalized spacial score (nSPS) is 18.6. The predicted molar refractivity (Wildman–Crippen MR) is 115 cm³/mol. The van der Waals surface area contributed by atoms with Crippen LogP contribution < -0.4 is 5.14 Å². The molecule has 1 amide bonds. The standard InChI is InChI=1S/C18H25NO2.C4H11NS/c1-17(2,3)21-16(20)19-10-8-18(9-11-19)12-14-6-4-5-7-15(14)13-18;1-4(2,3)6-5/h4-7H,8-13H2,1-3H3;5H2,1-3H3. The molecule has 1 saturated heterocycles. The van der Waals surface area contributed by atoms with Crippen molar-refractivity contribution in [1.29, 1.82) is 0 Å². The van der Waals surface area contributed by atoms with Gasteiger partial charge in [-0.3, -0.25) is 5.14 Å².